The minimum Gasteiger partial charge on any atom is -0.480 e. The van der Waals surface area contributed by atoms with Crippen molar-refractivity contribution in [2.75, 3.05) is 0 Å². The van der Waals surface area contributed by atoms with Crippen LogP contribution in [0.15, 0.2) is 34.9 Å². The van der Waals surface area contributed by atoms with Crippen LogP contribution in [-0.2, 0) is 11.3 Å². The molecule has 0 radical (unpaired) electrons. The second kappa shape index (κ2) is 7.24. The number of carboxylic acids is 1. The van der Waals surface area contributed by atoms with Crippen molar-refractivity contribution >= 4 is 17.6 Å². The zero-order chi connectivity index (χ0) is 15.2. The van der Waals surface area contributed by atoms with E-state index in [1.54, 1.807) is 12.1 Å². The van der Waals surface area contributed by atoms with Crippen LogP contribution in [0, 0.1) is 0 Å². The zero-order valence-electron chi connectivity index (χ0n) is 11.7. The van der Waals surface area contributed by atoms with Crippen molar-refractivity contribution in [3.05, 3.63) is 41.2 Å². The number of rotatable bonds is 7. The highest BCUT2D eigenvalue weighted by Gasteiger charge is 2.16. The number of nitrogens with zero attached hydrogens (tertiary/aromatic N) is 1. The van der Waals surface area contributed by atoms with Gasteiger partial charge in [-0.3, -0.25) is 10.1 Å². The third kappa shape index (κ3) is 4.31. The Morgan fingerprint density at radius 1 is 1.52 bits per heavy atom. The fourth-order valence-corrected chi connectivity index (χ4v) is 2.16. The van der Waals surface area contributed by atoms with Crippen LogP contribution in [-0.4, -0.2) is 22.1 Å². The van der Waals surface area contributed by atoms with Crippen LogP contribution in [0.25, 0.3) is 11.5 Å². The first-order valence-corrected chi connectivity index (χ1v) is 7.14. The Kier molecular flexibility index (Phi) is 5.36. The lowest BCUT2D eigenvalue weighted by Gasteiger charge is -2.11. The lowest BCUT2D eigenvalue weighted by atomic mass is 10.1. The number of aromatic nitrogens is 1. The van der Waals surface area contributed by atoms with Gasteiger partial charge in [0.2, 0.25) is 5.89 Å². The minimum absolute atomic E-state index is 0.348. The van der Waals surface area contributed by atoms with E-state index in [0.29, 0.717) is 29.6 Å². The molecule has 6 heteroatoms. The van der Waals surface area contributed by atoms with Crippen LogP contribution >= 0.6 is 11.6 Å². The van der Waals surface area contributed by atoms with Crippen LogP contribution in [0.2, 0.25) is 5.02 Å². The topological polar surface area (TPSA) is 75.4 Å². The smallest absolute Gasteiger partial charge is 0.320 e. The Balaban J connectivity index is 2.02. The van der Waals surface area contributed by atoms with Crippen molar-refractivity contribution in [2.45, 2.75) is 32.4 Å². The summed E-state index contributed by atoms with van der Waals surface area (Å²) in [5.41, 5.74) is 1.45. The van der Waals surface area contributed by atoms with E-state index in [2.05, 4.69) is 10.3 Å². The average Bonchev–Trinajstić information content (AvgIpc) is 2.92. The molecular weight excluding hydrogens is 292 g/mol. The molecular formula is C15H17ClN2O3. The van der Waals surface area contributed by atoms with E-state index in [0.717, 1.165) is 12.0 Å². The number of carboxylic acid groups (broad SMARTS) is 1. The van der Waals surface area contributed by atoms with E-state index < -0.39 is 12.0 Å². The Hall–Kier alpha value is -1.85. The van der Waals surface area contributed by atoms with Gasteiger partial charge in [-0.2, -0.15) is 0 Å². The number of benzene rings is 1. The van der Waals surface area contributed by atoms with Crippen molar-refractivity contribution in [3.63, 3.8) is 0 Å². The molecule has 1 unspecified atom stereocenters. The van der Waals surface area contributed by atoms with Gasteiger partial charge in [-0.15, -0.1) is 0 Å². The second-order valence-corrected chi connectivity index (χ2v) is 5.15. The molecule has 0 amide bonds. The molecule has 1 atom stereocenters. The van der Waals surface area contributed by atoms with Gasteiger partial charge in [0.15, 0.2) is 0 Å². The van der Waals surface area contributed by atoms with Crippen molar-refractivity contribution < 1.29 is 14.3 Å². The molecule has 0 fully saturated rings. The Morgan fingerprint density at radius 3 is 3.00 bits per heavy atom. The maximum absolute atomic E-state index is 11.1. The number of hydrogen-bond donors (Lipinski definition) is 2. The number of hydrogen-bond acceptors (Lipinski definition) is 4. The number of halogens is 1. The third-order valence-electron chi connectivity index (χ3n) is 3.03. The molecule has 2 N–H and O–H groups in total. The quantitative estimate of drug-likeness (QED) is 0.820. The Labute approximate surface area is 128 Å². The molecule has 21 heavy (non-hydrogen) atoms. The number of oxazole rings is 1. The standard InChI is InChI=1S/C15H17ClN2O3/c1-2-4-13(15(19)20)17-8-12-9-21-14(18-12)10-5-3-6-11(16)7-10/h3,5-7,9,13,17H,2,4,8H2,1H3,(H,19,20). The molecule has 0 bridgehead atoms. The molecule has 112 valence electrons. The van der Waals surface area contributed by atoms with E-state index in [1.807, 2.05) is 19.1 Å². The monoisotopic (exact) mass is 308 g/mol. The highest BCUT2D eigenvalue weighted by Crippen LogP contribution is 2.22. The molecule has 1 aromatic heterocycles. The molecule has 5 nitrogen and oxygen atoms in total. The summed E-state index contributed by atoms with van der Waals surface area (Å²) >= 11 is 5.93. The van der Waals surface area contributed by atoms with Gasteiger partial charge in [0, 0.05) is 17.1 Å². The van der Waals surface area contributed by atoms with E-state index in [1.165, 1.54) is 6.26 Å². The first kappa shape index (κ1) is 15.5. The van der Waals surface area contributed by atoms with Crippen molar-refractivity contribution in [1.82, 2.24) is 10.3 Å². The summed E-state index contributed by atoms with van der Waals surface area (Å²) in [5.74, 6) is -0.382. The fourth-order valence-electron chi connectivity index (χ4n) is 1.97. The average molecular weight is 309 g/mol. The highest BCUT2D eigenvalue weighted by molar-refractivity contribution is 6.30. The SMILES string of the molecule is CCCC(NCc1coc(-c2cccc(Cl)c2)n1)C(=O)O. The molecule has 0 spiro atoms. The molecule has 0 aliphatic rings. The largest absolute Gasteiger partial charge is 0.480 e. The predicted molar refractivity (Wildman–Crippen MR) is 80.1 cm³/mol. The summed E-state index contributed by atoms with van der Waals surface area (Å²) in [7, 11) is 0. The van der Waals surface area contributed by atoms with Crippen LogP contribution in [0.4, 0.5) is 0 Å². The van der Waals surface area contributed by atoms with Crippen molar-refractivity contribution in [2.24, 2.45) is 0 Å². The molecule has 1 aromatic carbocycles. The molecule has 0 aliphatic heterocycles. The van der Waals surface area contributed by atoms with Crippen LogP contribution in [0.1, 0.15) is 25.5 Å². The number of aliphatic carboxylic acids is 1. The maximum atomic E-state index is 11.1. The Bertz CT molecular complexity index is 612. The normalized spacial score (nSPS) is 12.3. The van der Waals surface area contributed by atoms with Crippen LogP contribution in [0.3, 0.4) is 0 Å². The first-order chi connectivity index (χ1) is 10.1. The van der Waals surface area contributed by atoms with Crippen LogP contribution < -0.4 is 5.32 Å². The number of carbonyl (C=O) groups is 1. The molecule has 0 saturated carbocycles. The van der Waals surface area contributed by atoms with Gasteiger partial charge in [0.05, 0.1) is 5.69 Å². The van der Waals surface area contributed by atoms with Crippen molar-refractivity contribution in [3.8, 4) is 11.5 Å². The molecule has 0 aliphatic carbocycles. The maximum Gasteiger partial charge on any atom is 0.320 e. The van der Waals surface area contributed by atoms with Crippen LogP contribution in [0.5, 0.6) is 0 Å². The van der Waals surface area contributed by atoms with Crippen molar-refractivity contribution in [1.29, 1.82) is 0 Å². The van der Waals surface area contributed by atoms with Gasteiger partial charge in [0.1, 0.15) is 12.3 Å². The minimum atomic E-state index is -0.851. The van der Waals surface area contributed by atoms with Gasteiger partial charge in [-0.05, 0) is 24.6 Å². The van der Waals surface area contributed by atoms with Gasteiger partial charge in [-0.25, -0.2) is 4.98 Å². The molecule has 0 saturated heterocycles. The van der Waals surface area contributed by atoms with Gasteiger partial charge in [-0.1, -0.05) is 31.0 Å². The molecule has 1 heterocycles. The molecule has 2 rings (SSSR count). The first-order valence-electron chi connectivity index (χ1n) is 6.76. The van der Waals surface area contributed by atoms with Gasteiger partial charge in [0.25, 0.3) is 0 Å². The summed E-state index contributed by atoms with van der Waals surface area (Å²) < 4.78 is 5.40. The lowest BCUT2D eigenvalue weighted by molar-refractivity contribution is -0.139. The Morgan fingerprint density at radius 2 is 2.33 bits per heavy atom. The molecule has 2 aromatic rings. The summed E-state index contributed by atoms with van der Waals surface area (Å²) in [5, 5.41) is 12.7. The van der Waals surface area contributed by atoms with E-state index in [-0.39, 0.29) is 0 Å². The summed E-state index contributed by atoms with van der Waals surface area (Å²) in [6.45, 7) is 2.30. The fraction of sp³-hybridized carbons (Fsp3) is 0.333. The van der Waals surface area contributed by atoms with E-state index in [4.69, 9.17) is 21.1 Å². The van der Waals surface area contributed by atoms with E-state index in [9.17, 15) is 4.79 Å². The summed E-state index contributed by atoms with van der Waals surface area (Å²) in [6.07, 6.45) is 2.90. The highest BCUT2D eigenvalue weighted by atomic mass is 35.5. The second-order valence-electron chi connectivity index (χ2n) is 4.71. The number of nitrogens with one attached hydrogen (secondary N) is 1. The summed E-state index contributed by atoms with van der Waals surface area (Å²) in [4.78, 5) is 15.4. The van der Waals surface area contributed by atoms with Gasteiger partial charge < -0.3 is 9.52 Å². The zero-order valence-corrected chi connectivity index (χ0v) is 12.4. The lowest BCUT2D eigenvalue weighted by Crippen LogP contribution is -2.36. The van der Waals surface area contributed by atoms with Gasteiger partial charge >= 0.3 is 5.97 Å². The van der Waals surface area contributed by atoms with E-state index >= 15 is 0 Å². The summed E-state index contributed by atoms with van der Waals surface area (Å²) in [6, 6.07) is 6.65. The predicted octanol–water partition coefficient (Wildman–Crippen LogP) is 3.34. The third-order valence-corrected chi connectivity index (χ3v) is 3.26.